The maximum Gasteiger partial charge on any atom is 0.420 e. The Bertz CT molecular complexity index is 1340. The van der Waals surface area contributed by atoms with Crippen molar-refractivity contribution in [1.82, 2.24) is 19.2 Å². The average molecular weight is 457 g/mol. The van der Waals surface area contributed by atoms with Crippen LogP contribution in [0.2, 0.25) is 0 Å². The standard InChI is InChI=1S/C24H29FN4O4/c1-13-17(14(2)27(6)26-13)12-29-19-10-16(9-18(25)21(19)33-23(29)32)15-7-8-28(22(30)31)20(11-15)24(3,4)5/h7,9-10,20H,8,11-12H2,1-6H3,(H,30,31). The molecule has 1 N–H and O–H groups in total. The zero-order valence-electron chi connectivity index (χ0n) is 19.8. The molecule has 1 aromatic carbocycles. The van der Waals surface area contributed by atoms with Crippen molar-refractivity contribution in [2.75, 3.05) is 6.54 Å². The SMILES string of the molecule is Cc1nn(C)c(C)c1Cn1c(=O)oc2c(F)cc(C3=CCN(C(=O)O)C(C(C)(C)C)C3)cc21. The first-order valence-electron chi connectivity index (χ1n) is 10.9. The number of rotatable bonds is 3. The number of amides is 1. The fourth-order valence-electron chi connectivity index (χ4n) is 4.62. The minimum Gasteiger partial charge on any atom is -0.465 e. The zero-order valence-corrected chi connectivity index (χ0v) is 19.8. The van der Waals surface area contributed by atoms with Crippen LogP contribution in [0.1, 0.15) is 49.7 Å². The first-order valence-corrected chi connectivity index (χ1v) is 10.9. The number of fused-ring (bicyclic) bond motifs is 1. The molecular formula is C24H29FN4O4. The van der Waals surface area contributed by atoms with Gasteiger partial charge in [-0.05, 0) is 49.0 Å². The van der Waals surface area contributed by atoms with E-state index >= 15 is 4.39 Å². The number of hydrogen-bond acceptors (Lipinski definition) is 4. The van der Waals surface area contributed by atoms with Crippen molar-refractivity contribution in [3.8, 4) is 0 Å². The van der Waals surface area contributed by atoms with E-state index in [9.17, 15) is 14.7 Å². The molecule has 1 atom stereocenters. The van der Waals surface area contributed by atoms with E-state index in [4.69, 9.17) is 4.42 Å². The molecule has 2 aromatic heterocycles. The number of carbonyl (C=O) groups is 1. The number of aryl methyl sites for hydroxylation is 2. The Kier molecular flexibility index (Phi) is 5.46. The monoisotopic (exact) mass is 456 g/mol. The minimum absolute atomic E-state index is 0.0844. The molecule has 4 rings (SSSR count). The summed E-state index contributed by atoms with van der Waals surface area (Å²) < 4.78 is 23.5. The van der Waals surface area contributed by atoms with Crippen molar-refractivity contribution < 1.29 is 18.7 Å². The number of hydrogen-bond donors (Lipinski definition) is 1. The van der Waals surface area contributed by atoms with Crippen LogP contribution in [0.5, 0.6) is 0 Å². The fourth-order valence-corrected chi connectivity index (χ4v) is 4.62. The minimum atomic E-state index is -0.974. The third-order valence-corrected chi connectivity index (χ3v) is 6.64. The third-order valence-electron chi connectivity index (χ3n) is 6.64. The van der Waals surface area contributed by atoms with E-state index in [-0.39, 0.29) is 30.1 Å². The number of halogens is 1. The molecule has 8 nitrogen and oxygen atoms in total. The third kappa shape index (κ3) is 3.96. The lowest BCUT2D eigenvalue weighted by molar-refractivity contribution is 0.0884. The Labute approximate surface area is 190 Å². The number of nitrogens with zero attached hydrogens (tertiary/aromatic N) is 4. The van der Waals surface area contributed by atoms with Gasteiger partial charge in [-0.1, -0.05) is 26.8 Å². The van der Waals surface area contributed by atoms with Crippen LogP contribution < -0.4 is 5.76 Å². The highest BCUT2D eigenvalue weighted by molar-refractivity contribution is 5.81. The summed E-state index contributed by atoms with van der Waals surface area (Å²) in [7, 11) is 1.83. The summed E-state index contributed by atoms with van der Waals surface area (Å²) in [6, 6.07) is 2.85. The Morgan fingerprint density at radius 2 is 2.00 bits per heavy atom. The van der Waals surface area contributed by atoms with Crippen LogP contribution in [0.15, 0.2) is 27.4 Å². The zero-order chi connectivity index (χ0) is 24.2. The van der Waals surface area contributed by atoms with Crippen LogP contribution in [0.3, 0.4) is 0 Å². The summed E-state index contributed by atoms with van der Waals surface area (Å²) in [6.45, 7) is 10.2. The Morgan fingerprint density at radius 3 is 2.58 bits per heavy atom. The van der Waals surface area contributed by atoms with E-state index in [2.05, 4.69) is 5.10 Å². The summed E-state index contributed by atoms with van der Waals surface area (Å²) in [5, 5.41) is 14.0. The van der Waals surface area contributed by atoms with E-state index in [0.717, 1.165) is 22.5 Å². The molecule has 0 saturated heterocycles. The lowest BCUT2D eigenvalue weighted by Gasteiger charge is -2.41. The van der Waals surface area contributed by atoms with Crippen LogP contribution >= 0.6 is 0 Å². The highest BCUT2D eigenvalue weighted by Crippen LogP contribution is 2.37. The largest absolute Gasteiger partial charge is 0.465 e. The lowest BCUT2D eigenvalue weighted by Crippen LogP contribution is -2.48. The second kappa shape index (κ2) is 7.90. The van der Waals surface area contributed by atoms with Gasteiger partial charge in [0.15, 0.2) is 11.4 Å². The van der Waals surface area contributed by atoms with Gasteiger partial charge in [0.05, 0.1) is 17.8 Å². The number of carboxylic acid groups (broad SMARTS) is 1. The van der Waals surface area contributed by atoms with Crippen molar-refractivity contribution >= 4 is 22.8 Å². The van der Waals surface area contributed by atoms with E-state index in [0.29, 0.717) is 17.5 Å². The predicted octanol–water partition coefficient (Wildman–Crippen LogP) is 4.31. The molecule has 176 valence electrons. The van der Waals surface area contributed by atoms with Crippen LogP contribution in [0.25, 0.3) is 16.7 Å². The Balaban J connectivity index is 1.80. The quantitative estimate of drug-likeness (QED) is 0.634. The molecule has 1 aliphatic heterocycles. The highest BCUT2D eigenvalue weighted by Gasteiger charge is 2.36. The van der Waals surface area contributed by atoms with Gasteiger partial charge in [-0.25, -0.2) is 14.0 Å². The fraction of sp³-hybridized carbons (Fsp3) is 0.458. The Morgan fingerprint density at radius 1 is 1.30 bits per heavy atom. The topological polar surface area (TPSA) is 93.5 Å². The molecule has 3 aromatic rings. The maximum absolute atomic E-state index is 15.0. The lowest BCUT2D eigenvalue weighted by atomic mass is 9.79. The molecule has 0 bridgehead atoms. The van der Waals surface area contributed by atoms with Crippen LogP contribution in [-0.4, -0.2) is 43.0 Å². The predicted molar refractivity (Wildman–Crippen MR) is 123 cm³/mol. The summed E-state index contributed by atoms with van der Waals surface area (Å²) in [5.41, 5.74) is 4.05. The summed E-state index contributed by atoms with van der Waals surface area (Å²) >= 11 is 0. The summed E-state index contributed by atoms with van der Waals surface area (Å²) in [5.74, 6) is -1.25. The van der Waals surface area contributed by atoms with E-state index in [1.165, 1.54) is 15.5 Å². The maximum atomic E-state index is 15.0. The van der Waals surface area contributed by atoms with Crippen LogP contribution in [-0.2, 0) is 13.6 Å². The molecule has 0 radical (unpaired) electrons. The molecule has 1 unspecified atom stereocenters. The van der Waals surface area contributed by atoms with Gasteiger partial charge in [0.25, 0.3) is 0 Å². The van der Waals surface area contributed by atoms with Crippen molar-refractivity contribution in [2.24, 2.45) is 12.5 Å². The summed E-state index contributed by atoms with van der Waals surface area (Å²) in [6.07, 6.45) is 1.29. The summed E-state index contributed by atoms with van der Waals surface area (Å²) in [4.78, 5) is 25.8. The van der Waals surface area contributed by atoms with E-state index in [1.54, 1.807) is 10.7 Å². The van der Waals surface area contributed by atoms with E-state index in [1.807, 2.05) is 47.7 Å². The highest BCUT2D eigenvalue weighted by atomic mass is 19.1. The second-order valence-electron chi connectivity index (χ2n) is 9.78. The molecular weight excluding hydrogens is 427 g/mol. The molecule has 0 fully saturated rings. The van der Waals surface area contributed by atoms with Gasteiger partial charge in [0.1, 0.15) is 0 Å². The molecule has 33 heavy (non-hydrogen) atoms. The molecule has 1 amide bonds. The van der Waals surface area contributed by atoms with Gasteiger partial charge in [0, 0.05) is 30.9 Å². The van der Waals surface area contributed by atoms with Crippen LogP contribution in [0.4, 0.5) is 9.18 Å². The second-order valence-corrected chi connectivity index (χ2v) is 9.78. The Hall–Kier alpha value is -3.36. The van der Waals surface area contributed by atoms with Gasteiger partial charge in [0.2, 0.25) is 0 Å². The first kappa shape index (κ1) is 22.8. The number of aromatic nitrogens is 3. The van der Waals surface area contributed by atoms with E-state index < -0.39 is 17.7 Å². The van der Waals surface area contributed by atoms with Crippen molar-refractivity contribution in [3.05, 3.63) is 57.1 Å². The first-order chi connectivity index (χ1) is 15.4. The smallest absolute Gasteiger partial charge is 0.420 e. The average Bonchev–Trinajstić information content (AvgIpc) is 3.17. The van der Waals surface area contributed by atoms with Crippen molar-refractivity contribution in [2.45, 2.75) is 53.6 Å². The molecule has 0 spiro atoms. The van der Waals surface area contributed by atoms with Gasteiger partial charge in [-0.15, -0.1) is 0 Å². The van der Waals surface area contributed by atoms with Crippen LogP contribution in [0, 0.1) is 25.1 Å². The number of benzene rings is 1. The van der Waals surface area contributed by atoms with Crippen molar-refractivity contribution in [3.63, 3.8) is 0 Å². The van der Waals surface area contributed by atoms with Crippen molar-refractivity contribution in [1.29, 1.82) is 0 Å². The molecule has 3 heterocycles. The van der Waals surface area contributed by atoms with Gasteiger partial charge >= 0.3 is 11.8 Å². The molecule has 0 saturated carbocycles. The van der Waals surface area contributed by atoms with Gasteiger partial charge in [-0.2, -0.15) is 5.10 Å². The molecule has 1 aliphatic rings. The molecule has 0 aliphatic carbocycles. The van der Waals surface area contributed by atoms with Gasteiger partial charge in [-0.3, -0.25) is 9.25 Å². The van der Waals surface area contributed by atoms with Gasteiger partial charge < -0.3 is 14.4 Å². The molecule has 9 heteroatoms. The number of oxazole rings is 1. The normalized spacial score (nSPS) is 17.0.